The highest BCUT2D eigenvalue weighted by molar-refractivity contribution is 5.81. The normalized spacial score (nSPS) is 12.0. The number of hydrogen-bond acceptors (Lipinski definition) is 2. The Bertz CT molecular complexity index is 761. The lowest BCUT2D eigenvalue weighted by molar-refractivity contribution is 0.413. The first-order chi connectivity index (χ1) is 10.0. The maximum Gasteiger partial charge on any atom is 0.141 e. The average molecular weight is 279 g/mol. The Morgan fingerprint density at radius 3 is 2.29 bits per heavy atom. The van der Waals surface area contributed by atoms with E-state index in [9.17, 15) is 0 Å². The summed E-state index contributed by atoms with van der Waals surface area (Å²) in [5, 5.41) is 0. The number of benzene rings is 2. The lowest BCUT2D eigenvalue weighted by Crippen LogP contribution is -2.22. The highest BCUT2D eigenvalue weighted by Gasteiger charge is 2.21. The molecule has 0 radical (unpaired) electrons. The Hall–Kier alpha value is -2.13. The van der Waals surface area contributed by atoms with Gasteiger partial charge in [-0.25, -0.2) is 4.98 Å². The van der Waals surface area contributed by atoms with Crippen LogP contribution in [0.15, 0.2) is 48.5 Å². The summed E-state index contributed by atoms with van der Waals surface area (Å²) in [5.41, 5.74) is 10.1. The number of imidazole rings is 1. The first-order valence-corrected chi connectivity index (χ1v) is 7.28. The molecule has 3 aromatic rings. The number of hydrogen-bond donors (Lipinski definition) is 1. The maximum atomic E-state index is 5.68. The van der Waals surface area contributed by atoms with Crippen molar-refractivity contribution in [2.24, 2.45) is 5.73 Å². The van der Waals surface area contributed by atoms with Gasteiger partial charge in [0, 0.05) is 17.6 Å². The summed E-state index contributed by atoms with van der Waals surface area (Å²) in [6.07, 6.45) is 0. The zero-order valence-corrected chi connectivity index (χ0v) is 12.8. The molecule has 0 saturated heterocycles. The van der Waals surface area contributed by atoms with E-state index < -0.39 is 0 Å². The van der Waals surface area contributed by atoms with Gasteiger partial charge in [-0.3, -0.25) is 0 Å². The second kappa shape index (κ2) is 5.01. The Kier molecular flexibility index (Phi) is 3.30. The SMILES string of the molecule is CC(C)(C)n1c(-c2ccc(CN)cc2)nc2ccccc21. The van der Waals surface area contributed by atoms with E-state index in [0.29, 0.717) is 6.54 Å². The molecule has 0 unspecified atom stereocenters. The van der Waals surface area contributed by atoms with Gasteiger partial charge in [0.15, 0.2) is 0 Å². The molecular formula is C18H21N3. The molecule has 1 aromatic heterocycles. The molecule has 0 amide bonds. The molecule has 0 spiro atoms. The summed E-state index contributed by atoms with van der Waals surface area (Å²) in [7, 11) is 0. The van der Waals surface area contributed by atoms with Crippen molar-refractivity contribution in [2.45, 2.75) is 32.9 Å². The molecule has 0 atom stereocenters. The number of nitrogens with zero attached hydrogens (tertiary/aromatic N) is 2. The second-order valence-corrected chi connectivity index (χ2v) is 6.33. The first-order valence-electron chi connectivity index (χ1n) is 7.28. The van der Waals surface area contributed by atoms with E-state index in [4.69, 9.17) is 10.7 Å². The van der Waals surface area contributed by atoms with Crippen LogP contribution in [0, 0.1) is 0 Å². The smallest absolute Gasteiger partial charge is 0.141 e. The fourth-order valence-electron chi connectivity index (χ4n) is 2.69. The van der Waals surface area contributed by atoms with Crippen LogP contribution in [0.5, 0.6) is 0 Å². The lowest BCUT2D eigenvalue weighted by Gasteiger charge is -2.24. The van der Waals surface area contributed by atoms with Crippen molar-refractivity contribution < 1.29 is 0 Å². The molecule has 2 aromatic carbocycles. The van der Waals surface area contributed by atoms with Crippen LogP contribution in [0.25, 0.3) is 22.4 Å². The van der Waals surface area contributed by atoms with E-state index in [1.807, 2.05) is 6.07 Å². The summed E-state index contributed by atoms with van der Waals surface area (Å²) in [6.45, 7) is 7.19. The van der Waals surface area contributed by atoms with Crippen LogP contribution in [0.3, 0.4) is 0 Å². The number of aromatic nitrogens is 2. The highest BCUT2D eigenvalue weighted by Crippen LogP contribution is 2.31. The molecule has 3 rings (SSSR count). The Labute approximate surface area is 125 Å². The molecule has 0 aliphatic carbocycles. The molecule has 3 heteroatoms. The predicted molar refractivity (Wildman–Crippen MR) is 88.1 cm³/mol. The number of para-hydroxylation sites is 2. The van der Waals surface area contributed by atoms with Gasteiger partial charge in [0.25, 0.3) is 0 Å². The number of nitrogens with two attached hydrogens (primary N) is 1. The molecule has 0 bridgehead atoms. The second-order valence-electron chi connectivity index (χ2n) is 6.33. The van der Waals surface area contributed by atoms with Gasteiger partial charge in [0.2, 0.25) is 0 Å². The zero-order valence-electron chi connectivity index (χ0n) is 12.8. The van der Waals surface area contributed by atoms with Crippen LogP contribution in [0.1, 0.15) is 26.3 Å². The van der Waals surface area contributed by atoms with Gasteiger partial charge < -0.3 is 10.3 Å². The van der Waals surface area contributed by atoms with Crippen molar-refractivity contribution in [3.05, 3.63) is 54.1 Å². The van der Waals surface area contributed by atoms with Crippen molar-refractivity contribution in [2.75, 3.05) is 0 Å². The fraction of sp³-hybridized carbons (Fsp3) is 0.278. The van der Waals surface area contributed by atoms with Crippen LogP contribution in [0.2, 0.25) is 0 Å². The van der Waals surface area contributed by atoms with E-state index in [2.05, 4.69) is 67.8 Å². The van der Waals surface area contributed by atoms with E-state index in [-0.39, 0.29) is 5.54 Å². The molecule has 0 fully saturated rings. The third-order valence-electron chi connectivity index (χ3n) is 3.68. The Balaban J connectivity index is 2.25. The Morgan fingerprint density at radius 1 is 1.00 bits per heavy atom. The van der Waals surface area contributed by atoms with E-state index in [1.54, 1.807) is 0 Å². The largest absolute Gasteiger partial charge is 0.326 e. The fourth-order valence-corrected chi connectivity index (χ4v) is 2.69. The number of rotatable bonds is 2. The minimum Gasteiger partial charge on any atom is -0.326 e. The zero-order chi connectivity index (χ0) is 15.0. The molecule has 108 valence electrons. The van der Waals surface area contributed by atoms with Crippen molar-refractivity contribution >= 4 is 11.0 Å². The summed E-state index contributed by atoms with van der Waals surface area (Å²) in [5.74, 6) is 1.01. The molecule has 0 aliphatic heterocycles. The molecule has 0 aliphatic rings. The van der Waals surface area contributed by atoms with Crippen LogP contribution >= 0.6 is 0 Å². The summed E-state index contributed by atoms with van der Waals surface area (Å²) in [4.78, 5) is 4.84. The average Bonchev–Trinajstić information content (AvgIpc) is 2.86. The maximum absolute atomic E-state index is 5.68. The van der Waals surface area contributed by atoms with Crippen LogP contribution in [-0.2, 0) is 12.1 Å². The third kappa shape index (κ3) is 2.45. The van der Waals surface area contributed by atoms with Crippen molar-refractivity contribution in [3.63, 3.8) is 0 Å². The van der Waals surface area contributed by atoms with E-state index >= 15 is 0 Å². The van der Waals surface area contributed by atoms with Crippen molar-refractivity contribution in [3.8, 4) is 11.4 Å². The highest BCUT2D eigenvalue weighted by atomic mass is 15.1. The molecule has 2 N–H and O–H groups in total. The topological polar surface area (TPSA) is 43.8 Å². The third-order valence-corrected chi connectivity index (χ3v) is 3.68. The van der Waals surface area contributed by atoms with Gasteiger partial charge in [-0.15, -0.1) is 0 Å². The summed E-state index contributed by atoms with van der Waals surface area (Å²) < 4.78 is 2.31. The standard InChI is InChI=1S/C18H21N3/c1-18(2,3)21-16-7-5-4-6-15(16)20-17(21)14-10-8-13(12-19)9-11-14/h4-11H,12,19H2,1-3H3. The Morgan fingerprint density at radius 2 is 1.67 bits per heavy atom. The van der Waals surface area contributed by atoms with E-state index in [1.165, 1.54) is 5.52 Å². The number of fused-ring (bicyclic) bond motifs is 1. The molecule has 21 heavy (non-hydrogen) atoms. The van der Waals surface area contributed by atoms with Gasteiger partial charge in [-0.1, -0.05) is 36.4 Å². The van der Waals surface area contributed by atoms with Gasteiger partial charge in [-0.05, 0) is 38.5 Å². The van der Waals surface area contributed by atoms with Gasteiger partial charge in [-0.2, -0.15) is 0 Å². The quantitative estimate of drug-likeness (QED) is 0.772. The minimum absolute atomic E-state index is 0.0298. The molecule has 1 heterocycles. The molecule has 3 nitrogen and oxygen atoms in total. The van der Waals surface area contributed by atoms with Crippen LogP contribution in [-0.4, -0.2) is 9.55 Å². The molecular weight excluding hydrogens is 258 g/mol. The van der Waals surface area contributed by atoms with Crippen LogP contribution in [0.4, 0.5) is 0 Å². The van der Waals surface area contributed by atoms with Crippen molar-refractivity contribution in [1.29, 1.82) is 0 Å². The van der Waals surface area contributed by atoms with Gasteiger partial charge in [0.05, 0.1) is 11.0 Å². The van der Waals surface area contributed by atoms with Crippen LogP contribution < -0.4 is 5.73 Å². The van der Waals surface area contributed by atoms with Gasteiger partial charge >= 0.3 is 0 Å². The first kappa shape index (κ1) is 13.8. The van der Waals surface area contributed by atoms with Crippen molar-refractivity contribution in [1.82, 2.24) is 9.55 Å². The van der Waals surface area contributed by atoms with E-state index in [0.717, 1.165) is 22.5 Å². The summed E-state index contributed by atoms with van der Waals surface area (Å²) in [6, 6.07) is 16.6. The minimum atomic E-state index is -0.0298. The predicted octanol–water partition coefficient (Wildman–Crippen LogP) is 3.92. The van der Waals surface area contributed by atoms with Gasteiger partial charge in [0.1, 0.15) is 5.82 Å². The molecule has 0 saturated carbocycles. The monoisotopic (exact) mass is 279 g/mol. The summed E-state index contributed by atoms with van der Waals surface area (Å²) >= 11 is 0. The lowest BCUT2D eigenvalue weighted by atomic mass is 10.1.